The molecule has 2 heterocycles. The van der Waals surface area contributed by atoms with Crippen LogP contribution in [0, 0.1) is 5.95 Å². The number of carboxylic acid groups (broad SMARTS) is 1. The number of aryl methyl sites for hydroxylation is 1. The first-order valence-electron chi connectivity index (χ1n) is 10.4. The first-order valence-corrected chi connectivity index (χ1v) is 10.4. The van der Waals surface area contributed by atoms with E-state index < -0.39 is 11.9 Å². The summed E-state index contributed by atoms with van der Waals surface area (Å²) in [6.07, 6.45) is 5.33. The number of allylic oxidation sites excluding steroid dienone is 2. The molecule has 0 fully saturated rings. The molecular weight excluding hydrogens is 433 g/mol. The van der Waals surface area contributed by atoms with Gasteiger partial charge in [0.1, 0.15) is 5.70 Å². The van der Waals surface area contributed by atoms with Gasteiger partial charge in [-0.05, 0) is 38.2 Å². The number of aliphatic hydroxyl groups excluding tert-OH is 1. The molecule has 1 aliphatic carbocycles. The quantitative estimate of drug-likeness (QED) is 0.384. The number of amides is 1. The fraction of sp³-hybridized carbons (Fsp3) is 0.364. The van der Waals surface area contributed by atoms with E-state index in [2.05, 4.69) is 25.4 Å². The molecular formula is C22H24FN5O5. The Bertz CT molecular complexity index is 1110. The van der Waals surface area contributed by atoms with Gasteiger partial charge in [-0.2, -0.15) is 9.37 Å². The van der Waals surface area contributed by atoms with Crippen LogP contribution in [0.25, 0.3) is 5.70 Å². The number of hydrogen-bond donors (Lipinski definition) is 3. The molecule has 1 atom stereocenters. The Morgan fingerprint density at radius 2 is 2.24 bits per heavy atom. The lowest BCUT2D eigenvalue weighted by molar-refractivity contribution is -0.133. The van der Waals surface area contributed by atoms with Crippen molar-refractivity contribution in [2.45, 2.75) is 44.9 Å². The molecule has 0 bridgehead atoms. The summed E-state index contributed by atoms with van der Waals surface area (Å²) in [4.78, 5) is 36.0. The van der Waals surface area contributed by atoms with Gasteiger partial charge in [0.2, 0.25) is 23.6 Å². The number of nitrogens with one attached hydrogen (secondary N) is 1. The Hall–Kier alpha value is -3.73. The van der Waals surface area contributed by atoms with Crippen LogP contribution in [-0.2, 0) is 16.0 Å². The maximum atomic E-state index is 14.0. The number of aliphatic hydroxyl groups is 1. The average molecular weight is 457 g/mol. The maximum absolute atomic E-state index is 14.0. The van der Waals surface area contributed by atoms with E-state index in [-0.39, 0.29) is 55.0 Å². The summed E-state index contributed by atoms with van der Waals surface area (Å²) in [5, 5.41) is 24.9. The number of rotatable bonds is 9. The van der Waals surface area contributed by atoms with Gasteiger partial charge in [0.25, 0.3) is 0 Å². The summed E-state index contributed by atoms with van der Waals surface area (Å²) in [7, 11) is 0. The largest absolute Gasteiger partial charge is 0.478 e. The molecule has 174 valence electrons. The second kappa shape index (κ2) is 11.2. The molecule has 0 spiro atoms. The third kappa shape index (κ3) is 6.16. The zero-order valence-corrected chi connectivity index (χ0v) is 18.0. The van der Waals surface area contributed by atoms with Gasteiger partial charge in [0.05, 0.1) is 12.2 Å². The van der Waals surface area contributed by atoms with Crippen LogP contribution in [0.4, 0.5) is 4.39 Å². The van der Waals surface area contributed by atoms with Gasteiger partial charge in [0.15, 0.2) is 0 Å². The van der Waals surface area contributed by atoms with E-state index >= 15 is 0 Å². The molecule has 1 aliphatic rings. The topological polar surface area (TPSA) is 151 Å². The predicted octanol–water partition coefficient (Wildman–Crippen LogP) is 2.38. The molecule has 0 saturated carbocycles. The van der Waals surface area contributed by atoms with Crippen molar-refractivity contribution in [2.75, 3.05) is 6.61 Å². The fourth-order valence-electron chi connectivity index (χ4n) is 3.58. The van der Waals surface area contributed by atoms with Crippen molar-refractivity contribution < 1.29 is 28.7 Å². The van der Waals surface area contributed by atoms with Crippen molar-refractivity contribution in [2.24, 2.45) is 4.99 Å². The van der Waals surface area contributed by atoms with Gasteiger partial charge in [-0.1, -0.05) is 17.3 Å². The number of aliphatic imine (C=N–C) groups is 1. The van der Waals surface area contributed by atoms with Gasteiger partial charge < -0.3 is 20.1 Å². The smallest absolute Gasteiger partial charge is 0.333 e. The van der Waals surface area contributed by atoms with E-state index in [1.807, 2.05) is 0 Å². The van der Waals surface area contributed by atoms with Crippen LogP contribution in [0.3, 0.4) is 0 Å². The molecule has 33 heavy (non-hydrogen) atoms. The highest BCUT2D eigenvalue weighted by Gasteiger charge is 2.29. The van der Waals surface area contributed by atoms with Crippen molar-refractivity contribution in [1.29, 1.82) is 0 Å². The van der Waals surface area contributed by atoms with Crippen LogP contribution in [0.1, 0.15) is 55.8 Å². The lowest BCUT2D eigenvalue weighted by atomic mass is 9.82. The Morgan fingerprint density at radius 1 is 1.42 bits per heavy atom. The molecule has 0 aliphatic heterocycles. The molecule has 0 radical (unpaired) electrons. The lowest BCUT2D eigenvalue weighted by Gasteiger charge is -2.26. The third-order valence-electron chi connectivity index (χ3n) is 5.18. The first-order chi connectivity index (χ1) is 15.9. The van der Waals surface area contributed by atoms with E-state index in [1.165, 1.54) is 12.4 Å². The number of aliphatic carboxylic acids is 1. The zero-order valence-electron chi connectivity index (χ0n) is 18.0. The summed E-state index contributed by atoms with van der Waals surface area (Å²) in [6, 6.07) is 3.21. The fourth-order valence-corrected chi connectivity index (χ4v) is 3.58. The highest BCUT2D eigenvalue weighted by atomic mass is 19.1. The lowest BCUT2D eigenvalue weighted by Crippen LogP contribution is -2.29. The molecule has 3 rings (SSSR count). The van der Waals surface area contributed by atoms with Crippen molar-refractivity contribution in [3.63, 3.8) is 0 Å². The van der Waals surface area contributed by atoms with Crippen LogP contribution in [0.2, 0.25) is 0 Å². The molecule has 2 aromatic heterocycles. The molecule has 1 unspecified atom stereocenters. The Labute approximate surface area is 189 Å². The van der Waals surface area contributed by atoms with Gasteiger partial charge >= 0.3 is 5.97 Å². The first kappa shape index (κ1) is 23.9. The number of carbonyl (C=O) groups excluding carboxylic acids is 1. The molecule has 3 N–H and O–H groups in total. The summed E-state index contributed by atoms with van der Waals surface area (Å²) in [5.41, 5.74) is 1.18. The van der Waals surface area contributed by atoms with Crippen molar-refractivity contribution in [1.82, 2.24) is 20.4 Å². The normalized spacial score (nSPS) is 16.9. The molecule has 0 aromatic carbocycles. The summed E-state index contributed by atoms with van der Waals surface area (Å²) in [6.45, 7) is 1.51. The summed E-state index contributed by atoms with van der Waals surface area (Å²) < 4.78 is 19.2. The van der Waals surface area contributed by atoms with E-state index in [4.69, 9.17) is 9.63 Å². The number of carbonyl (C=O) groups is 2. The monoisotopic (exact) mass is 457 g/mol. The van der Waals surface area contributed by atoms with E-state index in [9.17, 15) is 19.1 Å². The average Bonchev–Trinajstić information content (AvgIpc) is 3.28. The van der Waals surface area contributed by atoms with E-state index in [0.29, 0.717) is 29.8 Å². The minimum absolute atomic E-state index is 0.00374. The minimum atomic E-state index is -1.15. The van der Waals surface area contributed by atoms with Crippen molar-refractivity contribution >= 4 is 23.8 Å². The SMILES string of the molecule is C/C=C(\N=CCO)c1noc(CCC(=O)NC2=C(C(=O)O)CC(c3cccnc3F)CC2)n1. The van der Waals surface area contributed by atoms with Gasteiger partial charge in [-0.15, -0.1) is 0 Å². The molecule has 10 nitrogen and oxygen atoms in total. The highest BCUT2D eigenvalue weighted by Crippen LogP contribution is 2.36. The van der Waals surface area contributed by atoms with Crippen molar-refractivity contribution in [3.05, 3.63) is 58.9 Å². The van der Waals surface area contributed by atoms with Crippen LogP contribution >= 0.6 is 0 Å². The molecule has 2 aromatic rings. The van der Waals surface area contributed by atoms with Crippen molar-refractivity contribution in [3.8, 4) is 0 Å². The Kier molecular flexibility index (Phi) is 8.14. The van der Waals surface area contributed by atoms with E-state index in [1.54, 1.807) is 25.1 Å². The Morgan fingerprint density at radius 3 is 2.94 bits per heavy atom. The standard InChI is InChI=1S/C22H24FN5O5/c1-2-16(24-10-11-29)21-27-19(33-28-21)8-7-18(30)26-17-6-5-13(12-15(17)22(31)32)14-4-3-9-25-20(14)23/h2-4,9-10,13,29H,5-8,11-12H2,1H3,(H,26,30)(H,31,32)/b16-2-,24-10?. The number of halogens is 1. The predicted molar refractivity (Wildman–Crippen MR) is 115 cm³/mol. The molecule has 1 amide bonds. The van der Waals surface area contributed by atoms with Gasteiger partial charge in [-0.3, -0.25) is 9.79 Å². The van der Waals surface area contributed by atoms with Crippen LogP contribution in [-0.4, -0.2) is 50.0 Å². The van der Waals surface area contributed by atoms with Crippen LogP contribution in [0.15, 0.2) is 45.2 Å². The Balaban J connectivity index is 1.62. The number of nitrogens with zero attached hydrogens (tertiary/aromatic N) is 4. The molecule has 0 saturated heterocycles. The third-order valence-corrected chi connectivity index (χ3v) is 5.18. The zero-order chi connectivity index (χ0) is 23.8. The van der Waals surface area contributed by atoms with Gasteiger partial charge in [-0.25, -0.2) is 9.78 Å². The second-order valence-corrected chi connectivity index (χ2v) is 7.31. The summed E-state index contributed by atoms with van der Waals surface area (Å²) >= 11 is 0. The van der Waals surface area contributed by atoms with E-state index in [0.717, 1.165) is 0 Å². The summed E-state index contributed by atoms with van der Waals surface area (Å²) in [5.74, 6) is -2.02. The highest BCUT2D eigenvalue weighted by molar-refractivity contribution is 5.89. The van der Waals surface area contributed by atoms with Crippen LogP contribution < -0.4 is 5.32 Å². The molecule has 11 heteroatoms. The number of pyridine rings is 1. The number of carboxylic acids is 1. The van der Waals surface area contributed by atoms with Gasteiger partial charge in [0, 0.05) is 36.5 Å². The van der Waals surface area contributed by atoms with Crippen LogP contribution in [0.5, 0.6) is 0 Å². The second-order valence-electron chi connectivity index (χ2n) is 7.31. The number of aromatic nitrogens is 3. The number of hydrogen-bond acceptors (Lipinski definition) is 8. The minimum Gasteiger partial charge on any atom is -0.478 e. The maximum Gasteiger partial charge on any atom is 0.333 e.